The summed E-state index contributed by atoms with van der Waals surface area (Å²) in [5.41, 5.74) is 4.00. The molecule has 0 unspecified atom stereocenters. The number of benzene rings is 2. The number of hydrogen-bond donors (Lipinski definition) is 1. The van der Waals surface area contributed by atoms with Crippen molar-refractivity contribution < 1.29 is 14.3 Å². The zero-order valence-electron chi connectivity index (χ0n) is 16.8. The van der Waals surface area contributed by atoms with Gasteiger partial charge in [0.05, 0.1) is 5.57 Å². The Morgan fingerprint density at radius 2 is 1.64 bits per heavy atom. The second kappa shape index (κ2) is 7.40. The highest BCUT2D eigenvalue weighted by molar-refractivity contribution is 5.98. The summed E-state index contributed by atoms with van der Waals surface area (Å²) in [6.45, 7) is 10.1. The standard InChI is InChI=1S/C23H24N2O3/c1-14-8-15(2)10-17(9-14)18(12-24)21(23(3,4)5)25-22(26)16-6-7-19-20(11-16)28-13-27-19/h6-11H,13H2,1-5H3,(H,25,26)/b21-18-. The predicted octanol–water partition coefficient (Wildman–Crippen LogP) is 4.74. The minimum atomic E-state index is -0.436. The molecule has 0 fully saturated rings. The molecule has 5 nitrogen and oxygen atoms in total. The van der Waals surface area contributed by atoms with Gasteiger partial charge in [0.25, 0.3) is 5.91 Å². The topological polar surface area (TPSA) is 71.4 Å². The number of ether oxygens (including phenoxy) is 2. The second-order valence-corrected chi connectivity index (χ2v) is 8.01. The van der Waals surface area contributed by atoms with Gasteiger partial charge in [0, 0.05) is 16.7 Å². The number of fused-ring (bicyclic) bond motifs is 1. The van der Waals surface area contributed by atoms with Crippen molar-refractivity contribution in [1.29, 1.82) is 5.26 Å². The van der Waals surface area contributed by atoms with E-state index in [0.29, 0.717) is 28.3 Å². The number of nitrogens with one attached hydrogen (secondary N) is 1. The smallest absolute Gasteiger partial charge is 0.255 e. The number of carbonyl (C=O) groups excluding carboxylic acids is 1. The molecule has 144 valence electrons. The number of aryl methyl sites for hydroxylation is 2. The van der Waals surface area contributed by atoms with Gasteiger partial charge in [-0.2, -0.15) is 5.26 Å². The van der Waals surface area contributed by atoms with Crippen LogP contribution in [0.2, 0.25) is 0 Å². The minimum absolute atomic E-state index is 0.152. The lowest BCUT2D eigenvalue weighted by atomic mass is 9.86. The number of hydrogen-bond acceptors (Lipinski definition) is 4. The summed E-state index contributed by atoms with van der Waals surface area (Å²) in [7, 11) is 0. The van der Waals surface area contributed by atoms with Crippen LogP contribution in [0.4, 0.5) is 0 Å². The zero-order chi connectivity index (χ0) is 20.5. The number of nitriles is 1. The third kappa shape index (κ3) is 4.01. The number of rotatable bonds is 3. The maximum absolute atomic E-state index is 12.9. The van der Waals surface area contributed by atoms with Crippen molar-refractivity contribution in [2.24, 2.45) is 5.41 Å². The molecule has 1 aliphatic heterocycles. The van der Waals surface area contributed by atoms with E-state index in [1.807, 2.05) is 46.8 Å². The van der Waals surface area contributed by atoms with Gasteiger partial charge in [0.15, 0.2) is 11.5 Å². The van der Waals surface area contributed by atoms with Crippen molar-refractivity contribution in [3.05, 3.63) is 64.3 Å². The molecule has 0 aliphatic carbocycles. The van der Waals surface area contributed by atoms with Crippen LogP contribution < -0.4 is 14.8 Å². The lowest BCUT2D eigenvalue weighted by Crippen LogP contribution is -2.31. The van der Waals surface area contributed by atoms with Crippen molar-refractivity contribution >= 4 is 11.5 Å². The zero-order valence-corrected chi connectivity index (χ0v) is 16.8. The quantitative estimate of drug-likeness (QED) is 0.785. The van der Waals surface area contributed by atoms with E-state index in [2.05, 4.69) is 17.5 Å². The summed E-state index contributed by atoms with van der Waals surface area (Å²) in [6, 6.07) is 13.3. The highest BCUT2D eigenvalue weighted by atomic mass is 16.7. The maximum atomic E-state index is 12.9. The van der Waals surface area contributed by atoms with Crippen LogP contribution in [0.15, 0.2) is 42.1 Å². The molecule has 2 aromatic carbocycles. The third-order valence-corrected chi connectivity index (χ3v) is 4.50. The summed E-state index contributed by atoms with van der Waals surface area (Å²) in [5.74, 6) is 0.875. The lowest BCUT2D eigenvalue weighted by molar-refractivity contribution is 0.0957. The fourth-order valence-electron chi connectivity index (χ4n) is 3.23. The molecule has 2 aromatic rings. The second-order valence-electron chi connectivity index (χ2n) is 8.01. The molecule has 0 saturated heterocycles. The fraction of sp³-hybridized carbons (Fsp3) is 0.304. The Hall–Kier alpha value is -3.26. The van der Waals surface area contributed by atoms with Crippen molar-refractivity contribution in [2.75, 3.05) is 6.79 Å². The normalized spacial score (nSPS) is 13.6. The molecule has 1 heterocycles. The molecule has 28 heavy (non-hydrogen) atoms. The molecule has 3 rings (SSSR count). The van der Waals surface area contributed by atoms with Gasteiger partial charge in [-0.1, -0.05) is 50.1 Å². The highest BCUT2D eigenvalue weighted by Gasteiger charge is 2.26. The van der Waals surface area contributed by atoms with Crippen LogP contribution in [-0.4, -0.2) is 12.7 Å². The van der Waals surface area contributed by atoms with Crippen LogP contribution in [-0.2, 0) is 0 Å². The first-order valence-corrected chi connectivity index (χ1v) is 9.13. The molecular weight excluding hydrogens is 352 g/mol. The van der Waals surface area contributed by atoms with Crippen LogP contribution in [0, 0.1) is 30.6 Å². The third-order valence-electron chi connectivity index (χ3n) is 4.50. The Balaban J connectivity index is 2.03. The Kier molecular flexibility index (Phi) is 5.15. The number of allylic oxidation sites excluding steroid dienone is 2. The average molecular weight is 376 g/mol. The van der Waals surface area contributed by atoms with Crippen molar-refractivity contribution in [1.82, 2.24) is 5.32 Å². The van der Waals surface area contributed by atoms with E-state index in [1.165, 1.54) is 0 Å². The lowest BCUT2D eigenvalue weighted by Gasteiger charge is -2.26. The number of nitrogens with zero attached hydrogens (tertiary/aromatic N) is 1. The monoisotopic (exact) mass is 376 g/mol. The number of amides is 1. The van der Waals surface area contributed by atoms with Crippen LogP contribution >= 0.6 is 0 Å². The molecule has 1 amide bonds. The van der Waals surface area contributed by atoms with Crippen molar-refractivity contribution in [3.8, 4) is 17.6 Å². The summed E-state index contributed by atoms with van der Waals surface area (Å²) in [6.07, 6.45) is 0. The molecular formula is C23H24N2O3. The van der Waals surface area contributed by atoms with Gasteiger partial charge in [-0.3, -0.25) is 4.79 Å². The van der Waals surface area contributed by atoms with E-state index >= 15 is 0 Å². The molecule has 1 N–H and O–H groups in total. The minimum Gasteiger partial charge on any atom is -0.454 e. The van der Waals surface area contributed by atoms with Crippen LogP contribution in [0.5, 0.6) is 11.5 Å². The van der Waals surface area contributed by atoms with E-state index in [0.717, 1.165) is 16.7 Å². The first kappa shape index (κ1) is 19.5. The van der Waals surface area contributed by atoms with E-state index in [-0.39, 0.29) is 12.7 Å². The van der Waals surface area contributed by atoms with Gasteiger partial charge >= 0.3 is 0 Å². The molecule has 0 spiro atoms. The van der Waals surface area contributed by atoms with E-state index in [1.54, 1.807) is 18.2 Å². The van der Waals surface area contributed by atoms with Crippen LogP contribution in [0.1, 0.15) is 47.8 Å². The van der Waals surface area contributed by atoms with Gasteiger partial charge < -0.3 is 14.8 Å². The average Bonchev–Trinajstić information content (AvgIpc) is 3.07. The van der Waals surface area contributed by atoms with Gasteiger partial charge in [-0.15, -0.1) is 0 Å². The first-order chi connectivity index (χ1) is 13.2. The van der Waals surface area contributed by atoms with E-state index in [9.17, 15) is 10.1 Å². The van der Waals surface area contributed by atoms with Crippen molar-refractivity contribution in [2.45, 2.75) is 34.6 Å². The molecule has 5 heteroatoms. The number of carbonyl (C=O) groups is 1. The summed E-state index contributed by atoms with van der Waals surface area (Å²) in [4.78, 5) is 12.9. The molecule has 0 saturated carbocycles. The summed E-state index contributed by atoms with van der Waals surface area (Å²) in [5, 5.41) is 12.9. The van der Waals surface area contributed by atoms with E-state index < -0.39 is 5.41 Å². The Labute approximate surface area is 165 Å². The van der Waals surface area contributed by atoms with Gasteiger partial charge in [0.2, 0.25) is 6.79 Å². The fourth-order valence-corrected chi connectivity index (χ4v) is 3.23. The Morgan fingerprint density at radius 1 is 1.00 bits per heavy atom. The summed E-state index contributed by atoms with van der Waals surface area (Å²) >= 11 is 0. The van der Waals surface area contributed by atoms with Crippen LogP contribution in [0.25, 0.3) is 5.57 Å². The van der Waals surface area contributed by atoms with Gasteiger partial charge in [-0.05, 0) is 37.6 Å². The largest absolute Gasteiger partial charge is 0.454 e. The Morgan fingerprint density at radius 3 is 2.25 bits per heavy atom. The van der Waals surface area contributed by atoms with Crippen molar-refractivity contribution in [3.63, 3.8) is 0 Å². The van der Waals surface area contributed by atoms with Gasteiger partial charge in [0.1, 0.15) is 6.07 Å². The SMILES string of the molecule is Cc1cc(C)cc(/C(C#N)=C(\NC(=O)c2ccc3c(c2)OCO3)C(C)(C)C)c1. The molecule has 0 aromatic heterocycles. The first-order valence-electron chi connectivity index (χ1n) is 9.13. The molecule has 0 atom stereocenters. The molecule has 0 bridgehead atoms. The van der Waals surface area contributed by atoms with E-state index in [4.69, 9.17) is 9.47 Å². The summed E-state index contributed by atoms with van der Waals surface area (Å²) < 4.78 is 10.7. The predicted molar refractivity (Wildman–Crippen MR) is 108 cm³/mol. The Bertz CT molecular complexity index is 987. The highest BCUT2D eigenvalue weighted by Crippen LogP contribution is 2.34. The maximum Gasteiger partial charge on any atom is 0.255 e. The molecule has 0 radical (unpaired) electrons. The molecule has 1 aliphatic rings. The van der Waals surface area contributed by atoms with Crippen LogP contribution in [0.3, 0.4) is 0 Å². The van der Waals surface area contributed by atoms with Gasteiger partial charge in [-0.25, -0.2) is 0 Å².